The molecular formula is C11H23BrN2O3S. The van der Waals surface area contributed by atoms with Crippen LogP contribution in [0.4, 0.5) is 0 Å². The molecule has 0 aromatic heterocycles. The molecule has 108 valence electrons. The lowest BCUT2D eigenvalue weighted by atomic mass is 10.2. The van der Waals surface area contributed by atoms with E-state index in [9.17, 15) is 8.42 Å². The van der Waals surface area contributed by atoms with E-state index in [1.165, 1.54) is 0 Å². The summed E-state index contributed by atoms with van der Waals surface area (Å²) in [4.78, 5) is 0.189. The monoisotopic (exact) mass is 342 g/mol. The van der Waals surface area contributed by atoms with E-state index in [-0.39, 0.29) is 4.83 Å². The molecule has 0 bridgehead atoms. The predicted octanol–water partition coefficient (Wildman–Crippen LogP) is 1.50. The molecule has 1 fully saturated rings. The Kier molecular flexibility index (Phi) is 7.70. The van der Waals surface area contributed by atoms with E-state index in [0.29, 0.717) is 26.2 Å². The highest BCUT2D eigenvalue weighted by Gasteiger charge is 2.22. The van der Waals surface area contributed by atoms with Gasteiger partial charge < -0.3 is 4.74 Å². The van der Waals surface area contributed by atoms with E-state index in [4.69, 9.17) is 4.74 Å². The Hall–Kier alpha value is 0.310. The summed E-state index contributed by atoms with van der Waals surface area (Å²) in [5.41, 5.74) is 0. The number of ether oxygens (including phenoxy) is 1. The molecule has 0 amide bonds. The summed E-state index contributed by atoms with van der Waals surface area (Å²) in [7, 11) is -1.66. The molecule has 0 saturated carbocycles. The van der Waals surface area contributed by atoms with Crippen molar-refractivity contribution in [3.05, 3.63) is 0 Å². The third kappa shape index (κ3) is 5.97. The van der Waals surface area contributed by atoms with Crippen LogP contribution in [-0.2, 0) is 14.9 Å². The van der Waals surface area contributed by atoms with Crippen molar-refractivity contribution in [3.8, 4) is 0 Å². The van der Waals surface area contributed by atoms with Crippen LogP contribution < -0.4 is 4.72 Å². The number of alkyl halides is 1. The molecule has 1 unspecified atom stereocenters. The summed E-state index contributed by atoms with van der Waals surface area (Å²) in [5, 5.41) is 0. The highest BCUT2D eigenvalue weighted by atomic mass is 79.9. The van der Waals surface area contributed by atoms with Crippen LogP contribution in [0.15, 0.2) is 0 Å². The van der Waals surface area contributed by atoms with Crippen molar-refractivity contribution in [3.63, 3.8) is 0 Å². The molecule has 1 aliphatic rings. The summed E-state index contributed by atoms with van der Waals surface area (Å²) in [6.07, 6.45) is 4.91. The Bertz CT molecular complexity index is 316. The van der Waals surface area contributed by atoms with Crippen molar-refractivity contribution in [1.82, 2.24) is 9.03 Å². The predicted molar refractivity (Wildman–Crippen MR) is 76.2 cm³/mol. The van der Waals surface area contributed by atoms with Gasteiger partial charge >= 0.3 is 0 Å². The Morgan fingerprint density at radius 3 is 2.44 bits per heavy atom. The van der Waals surface area contributed by atoms with Gasteiger partial charge in [0.05, 0.1) is 6.61 Å². The van der Waals surface area contributed by atoms with Gasteiger partial charge in [0.2, 0.25) is 0 Å². The molecule has 1 atom stereocenters. The van der Waals surface area contributed by atoms with Crippen LogP contribution in [-0.4, -0.2) is 50.9 Å². The molecule has 7 heteroatoms. The van der Waals surface area contributed by atoms with Crippen molar-refractivity contribution < 1.29 is 13.2 Å². The Labute approximate surface area is 119 Å². The summed E-state index contributed by atoms with van der Waals surface area (Å²) >= 11 is 3.44. The Morgan fingerprint density at radius 2 is 1.89 bits per heavy atom. The van der Waals surface area contributed by atoms with E-state index in [1.54, 1.807) is 11.4 Å². The second kappa shape index (κ2) is 8.47. The largest absolute Gasteiger partial charge is 0.384 e. The van der Waals surface area contributed by atoms with Crippen LogP contribution in [0.2, 0.25) is 0 Å². The number of nitrogens with zero attached hydrogens (tertiary/aromatic N) is 1. The Balaban J connectivity index is 2.34. The maximum Gasteiger partial charge on any atom is 0.279 e. The fourth-order valence-electron chi connectivity index (χ4n) is 1.98. The first-order valence-corrected chi connectivity index (χ1v) is 8.79. The number of rotatable bonds is 7. The molecule has 1 saturated heterocycles. The van der Waals surface area contributed by atoms with Crippen molar-refractivity contribution in [2.45, 2.75) is 36.9 Å². The van der Waals surface area contributed by atoms with Crippen LogP contribution in [0, 0.1) is 0 Å². The number of hydrogen-bond donors (Lipinski definition) is 1. The fourth-order valence-corrected chi connectivity index (χ4v) is 3.77. The van der Waals surface area contributed by atoms with Gasteiger partial charge in [0.1, 0.15) is 0 Å². The van der Waals surface area contributed by atoms with E-state index in [0.717, 1.165) is 32.1 Å². The highest BCUT2D eigenvalue weighted by Crippen LogP contribution is 2.12. The second-order valence-electron chi connectivity index (χ2n) is 4.55. The van der Waals surface area contributed by atoms with Gasteiger partial charge in [-0.2, -0.15) is 12.7 Å². The molecule has 1 rings (SSSR count). The number of methoxy groups -OCH3 is 1. The molecule has 0 aliphatic carbocycles. The van der Waals surface area contributed by atoms with Gasteiger partial charge in [0.25, 0.3) is 10.2 Å². The normalized spacial score (nSPS) is 20.6. The zero-order valence-electron chi connectivity index (χ0n) is 10.9. The topological polar surface area (TPSA) is 58.6 Å². The lowest BCUT2D eigenvalue weighted by molar-refractivity contribution is 0.199. The molecule has 1 N–H and O–H groups in total. The molecule has 0 aromatic carbocycles. The number of halogens is 1. The van der Waals surface area contributed by atoms with E-state index < -0.39 is 10.2 Å². The van der Waals surface area contributed by atoms with Crippen molar-refractivity contribution in [2.75, 3.05) is 33.4 Å². The highest BCUT2D eigenvalue weighted by molar-refractivity contribution is 9.09. The van der Waals surface area contributed by atoms with Gasteiger partial charge in [-0.1, -0.05) is 28.8 Å². The first-order chi connectivity index (χ1) is 8.56. The van der Waals surface area contributed by atoms with Gasteiger partial charge in [0, 0.05) is 31.6 Å². The van der Waals surface area contributed by atoms with E-state index >= 15 is 0 Å². The smallest absolute Gasteiger partial charge is 0.279 e. The minimum atomic E-state index is -3.30. The van der Waals surface area contributed by atoms with Gasteiger partial charge in [-0.3, -0.25) is 0 Å². The van der Waals surface area contributed by atoms with E-state index in [2.05, 4.69) is 20.7 Å². The Morgan fingerprint density at radius 1 is 1.28 bits per heavy atom. The standard InChI is InChI=1S/C11H23BrN2O3S/c1-17-10-11(12)6-7-13-18(15,16)14-8-4-2-3-5-9-14/h11,13H,2-10H2,1H3. The van der Waals surface area contributed by atoms with Crippen molar-refractivity contribution in [2.24, 2.45) is 0 Å². The lowest BCUT2D eigenvalue weighted by Crippen LogP contribution is -2.42. The molecule has 0 aromatic rings. The van der Waals surface area contributed by atoms with Crippen LogP contribution in [0.25, 0.3) is 0 Å². The quantitative estimate of drug-likeness (QED) is 0.713. The van der Waals surface area contributed by atoms with Crippen molar-refractivity contribution >= 4 is 26.1 Å². The third-order valence-corrected chi connectivity index (χ3v) is 5.33. The van der Waals surface area contributed by atoms with Crippen LogP contribution in [0.3, 0.4) is 0 Å². The first-order valence-electron chi connectivity index (χ1n) is 6.44. The number of hydrogen-bond acceptors (Lipinski definition) is 3. The van der Waals surface area contributed by atoms with Crippen LogP contribution in [0.5, 0.6) is 0 Å². The summed E-state index contributed by atoms with van der Waals surface area (Å²) in [6, 6.07) is 0. The maximum atomic E-state index is 12.0. The SMILES string of the molecule is COCC(Br)CCNS(=O)(=O)N1CCCCCC1. The lowest BCUT2D eigenvalue weighted by Gasteiger charge is -2.20. The van der Waals surface area contributed by atoms with Crippen LogP contribution in [0.1, 0.15) is 32.1 Å². The number of nitrogens with one attached hydrogen (secondary N) is 1. The zero-order chi connectivity index (χ0) is 13.4. The van der Waals surface area contributed by atoms with Gasteiger partial charge in [-0.05, 0) is 19.3 Å². The fraction of sp³-hybridized carbons (Fsp3) is 1.00. The third-order valence-electron chi connectivity index (χ3n) is 2.99. The summed E-state index contributed by atoms with van der Waals surface area (Å²) in [5.74, 6) is 0. The maximum absolute atomic E-state index is 12.0. The minimum Gasteiger partial charge on any atom is -0.384 e. The zero-order valence-corrected chi connectivity index (χ0v) is 13.3. The summed E-state index contributed by atoms with van der Waals surface area (Å²) in [6.45, 7) is 2.32. The average Bonchev–Trinajstić information content (AvgIpc) is 2.58. The molecule has 0 spiro atoms. The average molecular weight is 343 g/mol. The van der Waals surface area contributed by atoms with Gasteiger partial charge in [-0.25, -0.2) is 4.72 Å². The molecule has 1 heterocycles. The second-order valence-corrected chi connectivity index (χ2v) is 7.60. The minimum absolute atomic E-state index is 0.189. The van der Waals surface area contributed by atoms with Crippen molar-refractivity contribution in [1.29, 1.82) is 0 Å². The van der Waals surface area contributed by atoms with Gasteiger partial charge in [-0.15, -0.1) is 0 Å². The molecule has 5 nitrogen and oxygen atoms in total. The molecular weight excluding hydrogens is 320 g/mol. The van der Waals surface area contributed by atoms with Crippen LogP contribution >= 0.6 is 15.9 Å². The molecule has 18 heavy (non-hydrogen) atoms. The van der Waals surface area contributed by atoms with E-state index in [1.807, 2.05) is 0 Å². The first kappa shape index (κ1) is 16.4. The van der Waals surface area contributed by atoms with Gasteiger partial charge in [0.15, 0.2) is 0 Å². The summed E-state index contributed by atoms with van der Waals surface area (Å²) < 4.78 is 33.3. The molecule has 0 radical (unpaired) electrons. The molecule has 1 aliphatic heterocycles.